The van der Waals surface area contributed by atoms with E-state index < -0.39 is 0 Å². The molecule has 1 fully saturated rings. The van der Waals surface area contributed by atoms with Gasteiger partial charge in [-0.05, 0) is 31.2 Å². The van der Waals surface area contributed by atoms with E-state index in [1.54, 1.807) is 0 Å². The smallest absolute Gasteiger partial charge is 0.241 e. The van der Waals surface area contributed by atoms with Gasteiger partial charge in [0.2, 0.25) is 5.91 Å². The molecule has 0 spiro atoms. The normalized spacial score (nSPS) is 22.3. The first-order valence-electron chi connectivity index (χ1n) is 8.26. The predicted molar refractivity (Wildman–Crippen MR) is 86.9 cm³/mol. The Kier molecular flexibility index (Phi) is 5.80. The van der Waals surface area contributed by atoms with Gasteiger partial charge < -0.3 is 4.90 Å². The molecule has 2 unspecified atom stereocenters. The van der Waals surface area contributed by atoms with Crippen molar-refractivity contribution in [1.82, 2.24) is 10.2 Å². The molecular weight excluding hydrogens is 260 g/mol. The van der Waals surface area contributed by atoms with Crippen molar-refractivity contribution < 1.29 is 4.79 Å². The number of hydrogen-bond acceptors (Lipinski definition) is 2. The van der Waals surface area contributed by atoms with E-state index >= 15 is 0 Å². The molecule has 0 aromatic heterocycles. The molecule has 1 aliphatic rings. The summed E-state index contributed by atoms with van der Waals surface area (Å²) in [6, 6.07) is 10.4. The SMILES string of the molecule is CCC(CC)CN1C(=O)C(CCc2ccccc2)NC1C. The zero-order valence-corrected chi connectivity index (χ0v) is 13.5. The number of benzene rings is 1. The first kappa shape index (κ1) is 16.0. The molecule has 1 aromatic carbocycles. The first-order chi connectivity index (χ1) is 10.2. The van der Waals surface area contributed by atoms with E-state index in [0.717, 1.165) is 32.2 Å². The Morgan fingerprint density at radius 2 is 1.86 bits per heavy atom. The van der Waals surface area contributed by atoms with Gasteiger partial charge in [0.25, 0.3) is 0 Å². The lowest BCUT2D eigenvalue weighted by atomic mass is 10.0. The lowest BCUT2D eigenvalue weighted by molar-refractivity contribution is -0.130. The molecule has 0 aliphatic carbocycles. The second-order valence-corrected chi connectivity index (χ2v) is 6.09. The van der Waals surface area contributed by atoms with Gasteiger partial charge in [-0.3, -0.25) is 10.1 Å². The van der Waals surface area contributed by atoms with E-state index in [-0.39, 0.29) is 18.1 Å². The maximum absolute atomic E-state index is 12.6. The van der Waals surface area contributed by atoms with Crippen LogP contribution in [-0.4, -0.2) is 29.6 Å². The summed E-state index contributed by atoms with van der Waals surface area (Å²) in [7, 11) is 0. The maximum Gasteiger partial charge on any atom is 0.241 e. The maximum atomic E-state index is 12.6. The summed E-state index contributed by atoms with van der Waals surface area (Å²) in [6.07, 6.45) is 4.28. The third-order valence-electron chi connectivity index (χ3n) is 4.67. The molecule has 3 heteroatoms. The van der Waals surface area contributed by atoms with E-state index in [0.29, 0.717) is 5.92 Å². The quantitative estimate of drug-likeness (QED) is 0.835. The minimum Gasteiger partial charge on any atom is -0.326 e. The fraction of sp³-hybridized carbons (Fsp3) is 0.611. The van der Waals surface area contributed by atoms with Gasteiger partial charge in [-0.2, -0.15) is 0 Å². The molecule has 0 bridgehead atoms. The van der Waals surface area contributed by atoms with Gasteiger partial charge in [0.15, 0.2) is 0 Å². The van der Waals surface area contributed by atoms with Crippen LogP contribution >= 0.6 is 0 Å². The highest BCUT2D eigenvalue weighted by Gasteiger charge is 2.36. The Hall–Kier alpha value is -1.35. The Labute approximate surface area is 128 Å². The van der Waals surface area contributed by atoms with Crippen molar-refractivity contribution in [3.8, 4) is 0 Å². The Balaban J connectivity index is 1.90. The van der Waals surface area contributed by atoms with Crippen LogP contribution in [0.3, 0.4) is 0 Å². The van der Waals surface area contributed by atoms with E-state index in [1.165, 1.54) is 5.56 Å². The highest BCUT2D eigenvalue weighted by atomic mass is 16.2. The van der Waals surface area contributed by atoms with Crippen molar-refractivity contribution in [3.63, 3.8) is 0 Å². The van der Waals surface area contributed by atoms with Gasteiger partial charge in [0.1, 0.15) is 0 Å². The molecule has 116 valence electrons. The van der Waals surface area contributed by atoms with Gasteiger partial charge >= 0.3 is 0 Å². The summed E-state index contributed by atoms with van der Waals surface area (Å²) in [5.74, 6) is 0.899. The number of carbonyl (C=O) groups is 1. The molecule has 1 amide bonds. The van der Waals surface area contributed by atoms with Crippen molar-refractivity contribution in [2.24, 2.45) is 5.92 Å². The van der Waals surface area contributed by atoms with E-state index in [9.17, 15) is 4.79 Å². The van der Waals surface area contributed by atoms with Crippen LogP contribution < -0.4 is 5.32 Å². The van der Waals surface area contributed by atoms with Crippen LogP contribution in [0.4, 0.5) is 0 Å². The fourth-order valence-electron chi connectivity index (χ4n) is 3.08. The second kappa shape index (κ2) is 7.60. The predicted octanol–water partition coefficient (Wildman–Crippen LogP) is 3.20. The molecule has 21 heavy (non-hydrogen) atoms. The second-order valence-electron chi connectivity index (χ2n) is 6.09. The molecule has 1 aliphatic heterocycles. The number of hydrogen-bond donors (Lipinski definition) is 1. The Morgan fingerprint density at radius 1 is 1.19 bits per heavy atom. The van der Waals surface area contributed by atoms with Crippen molar-refractivity contribution in [2.75, 3.05) is 6.54 Å². The average molecular weight is 288 g/mol. The Morgan fingerprint density at radius 3 is 2.48 bits per heavy atom. The molecule has 1 saturated heterocycles. The van der Waals surface area contributed by atoms with E-state index in [1.807, 2.05) is 11.0 Å². The van der Waals surface area contributed by atoms with E-state index in [2.05, 4.69) is 50.4 Å². The molecule has 2 atom stereocenters. The van der Waals surface area contributed by atoms with Crippen LogP contribution in [0.25, 0.3) is 0 Å². The van der Waals surface area contributed by atoms with Crippen molar-refractivity contribution in [2.45, 2.75) is 58.7 Å². The molecule has 2 rings (SSSR count). The number of amides is 1. The lowest BCUT2D eigenvalue weighted by Gasteiger charge is -2.25. The molecule has 1 N–H and O–H groups in total. The lowest BCUT2D eigenvalue weighted by Crippen LogP contribution is -2.38. The molecule has 3 nitrogen and oxygen atoms in total. The third-order valence-corrected chi connectivity index (χ3v) is 4.67. The van der Waals surface area contributed by atoms with Crippen LogP contribution in [0.2, 0.25) is 0 Å². The van der Waals surface area contributed by atoms with E-state index in [4.69, 9.17) is 0 Å². The first-order valence-corrected chi connectivity index (χ1v) is 8.26. The van der Waals surface area contributed by atoms with Crippen molar-refractivity contribution >= 4 is 5.91 Å². The summed E-state index contributed by atoms with van der Waals surface area (Å²) < 4.78 is 0. The van der Waals surface area contributed by atoms with Crippen LogP contribution in [0.1, 0.15) is 45.6 Å². The number of rotatable bonds is 7. The fourth-order valence-corrected chi connectivity index (χ4v) is 3.08. The van der Waals surface area contributed by atoms with Crippen LogP contribution in [-0.2, 0) is 11.2 Å². The van der Waals surface area contributed by atoms with Gasteiger partial charge in [0, 0.05) is 6.54 Å². The number of nitrogens with one attached hydrogen (secondary N) is 1. The van der Waals surface area contributed by atoms with Crippen molar-refractivity contribution in [1.29, 1.82) is 0 Å². The van der Waals surface area contributed by atoms with Crippen molar-refractivity contribution in [3.05, 3.63) is 35.9 Å². The molecule has 0 saturated carbocycles. The average Bonchev–Trinajstić information content (AvgIpc) is 2.78. The molecule has 1 aromatic rings. The third kappa shape index (κ3) is 4.07. The standard InChI is InChI=1S/C18H28N2O/c1-4-15(5-2)13-20-14(3)19-17(18(20)21)12-11-16-9-7-6-8-10-16/h6-10,14-15,17,19H,4-5,11-13H2,1-3H3. The van der Waals surface area contributed by atoms with Crippen LogP contribution in [0, 0.1) is 5.92 Å². The zero-order valence-electron chi connectivity index (χ0n) is 13.5. The summed E-state index contributed by atoms with van der Waals surface area (Å²) in [5, 5.41) is 3.45. The van der Waals surface area contributed by atoms with Gasteiger partial charge in [-0.15, -0.1) is 0 Å². The van der Waals surface area contributed by atoms with Gasteiger partial charge in [-0.25, -0.2) is 0 Å². The molecule has 1 heterocycles. The minimum absolute atomic E-state index is 0.0189. The zero-order chi connectivity index (χ0) is 15.2. The summed E-state index contributed by atoms with van der Waals surface area (Å²) >= 11 is 0. The van der Waals surface area contributed by atoms with Crippen LogP contribution in [0.15, 0.2) is 30.3 Å². The van der Waals surface area contributed by atoms with Gasteiger partial charge in [-0.1, -0.05) is 57.0 Å². The topological polar surface area (TPSA) is 32.3 Å². The monoisotopic (exact) mass is 288 g/mol. The van der Waals surface area contributed by atoms with Crippen LogP contribution in [0.5, 0.6) is 0 Å². The Bertz CT molecular complexity index is 442. The highest BCUT2D eigenvalue weighted by Crippen LogP contribution is 2.19. The summed E-state index contributed by atoms with van der Waals surface area (Å²) in [6.45, 7) is 7.41. The molecular formula is C18H28N2O. The highest BCUT2D eigenvalue weighted by molar-refractivity contribution is 5.84. The summed E-state index contributed by atoms with van der Waals surface area (Å²) in [5.41, 5.74) is 1.30. The number of carbonyl (C=O) groups excluding carboxylic acids is 1. The van der Waals surface area contributed by atoms with Gasteiger partial charge in [0.05, 0.1) is 12.2 Å². The molecule has 0 radical (unpaired) electrons. The summed E-state index contributed by atoms with van der Waals surface area (Å²) in [4.78, 5) is 14.6. The number of nitrogens with zero attached hydrogens (tertiary/aromatic N) is 1. The minimum atomic E-state index is -0.0189. The largest absolute Gasteiger partial charge is 0.326 e. The number of aryl methyl sites for hydroxylation is 1.